The Bertz CT molecular complexity index is 1380. The lowest BCUT2D eigenvalue weighted by atomic mass is 9.86. The zero-order valence-electron chi connectivity index (χ0n) is 20.9. The van der Waals surface area contributed by atoms with E-state index in [0.717, 1.165) is 29.8 Å². The highest BCUT2D eigenvalue weighted by Gasteiger charge is 2.44. The van der Waals surface area contributed by atoms with Crippen LogP contribution < -0.4 is 9.47 Å². The number of amides is 1. The van der Waals surface area contributed by atoms with Crippen molar-refractivity contribution in [3.8, 4) is 17.2 Å². The predicted molar refractivity (Wildman–Crippen MR) is 138 cm³/mol. The molecule has 8 heteroatoms. The number of hydrogen-bond acceptors (Lipinski definition) is 5. The lowest BCUT2D eigenvalue weighted by Crippen LogP contribution is -2.50. The monoisotopic (exact) mass is 508 g/mol. The van der Waals surface area contributed by atoms with Gasteiger partial charge in [0.2, 0.25) is 0 Å². The van der Waals surface area contributed by atoms with E-state index in [1.807, 2.05) is 36.5 Å². The molecule has 0 radical (unpaired) electrons. The molecular weight excluding hydrogens is 476 g/mol. The number of carbonyl (C=O) groups excluding carboxylic acids is 1. The molecule has 7 nitrogen and oxygen atoms in total. The van der Waals surface area contributed by atoms with Crippen LogP contribution in [0.25, 0.3) is 5.69 Å². The molecule has 0 unspecified atom stereocenters. The summed E-state index contributed by atoms with van der Waals surface area (Å²) in [6.45, 7) is 5.60. The average Bonchev–Trinajstić information content (AvgIpc) is 3.35. The van der Waals surface area contributed by atoms with Gasteiger partial charge in [-0.2, -0.15) is 0 Å². The number of para-hydroxylation sites is 2. The van der Waals surface area contributed by atoms with Crippen molar-refractivity contribution in [2.75, 3.05) is 26.0 Å². The second-order valence-corrected chi connectivity index (χ2v) is 12.1. The Kier molecular flexibility index (Phi) is 6.32. The third-order valence-corrected chi connectivity index (χ3v) is 8.16. The van der Waals surface area contributed by atoms with E-state index in [9.17, 15) is 13.2 Å². The van der Waals surface area contributed by atoms with Crippen molar-refractivity contribution >= 4 is 15.7 Å². The first-order chi connectivity index (χ1) is 17.2. The van der Waals surface area contributed by atoms with Gasteiger partial charge in [0.05, 0.1) is 18.0 Å². The summed E-state index contributed by atoms with van der Waals surface area (Å²) < 4.78 is 39.4. The Morgan fingerprint density at radius 3 is 2.56 bits per heavy atom. The number of aromatic nitrogens is 1. The molecule has 2 aliphatic heterocycles. The van der Waals surface area contributed by atoms with Gasteiger partial charge in [-0.25, -0.2) is 8.42 Å². The highest BCUT2D eigenvalue weighted by Crippen LogP contribution is 2.45. The molecule has 2 aliphatic rings. The van der Waals surface area contributed by atoms with E-state index in [4.69, 9.17) is 9.47 Å². The number of nitrogens with zero attached hydrogens (tertiary/aromatic N) is 2. The molecule has 5 rings (SSSR count). The third-order valence-electron chi connectivity index (χ3n) is 7.05. The van der Waals surface area contributed by atoms with Gasteiger partial charge in [0.15, 0.2) is 15.4 Å². The summed E-state index contributed by atoms with van der Waals surface area (Å²) in [5.41, 5.74) is 1.96. The van der Waals surface area contributed by atoms with E-state index in [0.29, 0.717) is 49.8 Å². The van der Waals surface area contributed by atoms with Crippen molar-refractivity contribution in [3.05, 3.63) is 72.1 Å². The molecule has 1 aromatic heterocycles. The summed E-state index contributed by atoms with van der Waals surface area (Å²) in [6.07, 6.45) is 5.30. The van der Waals surface area contributed by atoms with Gasteiger partial charge in [-0.15, -0.1) is 0 Å². The fraction of sp³-hybridized carbons (Fsp3) is 0.393. The van der Waals surface area contributed by atoms with E-state index >= 15 is 0 Å². The maximum atomic E-state index is 13.4. The van der Waals surface area contributed by atoms with Gasteiger partial charge in [-0.3, -0.25) is 4.79 Å². The molecule has 0 saturated carbocycles. The summed E-state index contributed by atoms with van der Waals surface area (Å²) in [7, 11) is -3.57. The summed E-state index contributed by atoms with van der Waals surface area (Å²) >= 11 is 0. The normalized spacial score (nSPS) is 16.4. The van der Waals surface area contributed by atoms with E-state index in [2.05, 4.69) is 24.5 Å². The van der Waals surface area contributed by atoms with Crippen molar-refractivity contribution in [3.63, 3.8) is 0 Å². The van der Waals surface area contributed by atoms with Crippen molar-refractivity contribution < 1.29 is 22.7 Å². The van der Waals surface area contributed by atoms with Crippen LogP contribution in [0.3, 0.4) is 0 Å². The number of sulfone groups is 1. The van der Waals surface area contributed by atoms with E-state index in [1.165, 1.54) is 6.07 Å². The summed E-state index contributed by atoms with van der Waals surface area (Å²) in [4.78, 5) is 15.2. The van der Waals surface area contributed by atoms with Crippen LogP contribution in [-0.4, -0.2) is 49.7 Å². The molecule has 190 valence electrons. The molecule has 0 atom stereocenters. The van der Waals surface area contributed by atoms with Crippen LogP contribution in [0.5, 0.6) is 11.5 Å². The quantitative estimate of drug-likeness (QED) is 0.477. The van der Waals surface area contributed by atoms with Gasteiger partial charge < -0.3 is 18.9 Å². The van der Waals surface area contributed by atoms with Crippen molar-refractivity contribution in [2.24, 2.45) is 5.92 Å². The Balaban J connectivity index is 1.34. The second kappa shape index (κ2) is 9.32. The predicted octanol–water partition coefficient (Wildman–Crippen LogP) is 4.83. The van der Waals surface area contributed by atoms with Gasteiger partial charge in [0.25, 0.3) is 5.91 Å². The van der Waals surface area contributed by atoms with Crippen LogP contribution in [0, 0.1) is 5.92 Å². The van der Waals surface area contributed by atoms with Crippen LogP contribution >= 0.6 is 0 Å². The van der Waals surface area contributed by atoms with Crippen LogP contribution in [0.2, 0.25) is 0 Å². The van der Waals surface area contributed by atoms with Gasteiger partial charge >= 0.3 is 0 Å². The van der Waals surface area contributed by atoms with Gasteiger partial charge in [-0.05, 0) is 54.8 Å². The standard InChI is InChI=1S/C28H32N2O5S/c1-20(2)12-18-34-24-11-10-21(19-25(24)36(3,32)33)27(31)29-16-13-28(14-17-29)26-9-6-15-30(26)22-7-4-5-8-23(22)35-28/h4-11,15,19-20H,12-14,16-18H2,1-3H3. The molecule has 3 aromatic rings. The Morgan fingerprint density at radius 2 is 1.83 bits per heavy atom. The first kappa shape index (κ1) is 24.4. The zero-order valence-corrected chi connectivity index (χ0v) is 21.8. The SMILES string of the molecule is CC(C)CCOc1ccc(C(=O)N2CCC3(CC2)Oc2ccccc2-n2cccc23)cc1S(C)(=O)=O. The summed E-state index contributed by atoms with van der Waals surface area (Å²) in [5.74, 6) is 1.39. The minimum absolute atomic E-state index is 0.0515. The highest BCUT2D eigenvalue weighted by molar-refractivity contribution is 7.90. The van der Waals surface area contributed by atoms with E-state index in [1.54, 1.807) is 17.0 Å². The van der Waals surface area contributed by atoms with Crippen LogP contribution in [0.15, 0.2) is 65.7 Å². The van der Waals surface area contributed by atoms with E-state index in [-0.39, 0.29) is 10.8 Å². The number of likely N-dealkylation sites (tertiary alicyclic amines) is 1. The summed E-state index contributed by atoms with van der Waals surface area (Å²) in [5, 5.41) is 0. The number of benzene rings is 2. The second-order valence-electron chi connectivity index (χ2n) is 10.1. The summed E-state index contributed by atoms with van der Waals surface area (Å²) in [6, 6.07) is 16.8. The lowest BCUT2D eigenvalue weighted by Gasteiger charge is -2.45. The molecule has 0 bridgehead atoms. The minimum atomic E-state index is -3.57. The van der Waals surface area contributed by atoms with Gasteiger partial charge in [-0.1, -0.05) is 26.0 Å². The molecule has 1 fully saturated rings. The molecule has 0 aliphatic carbocycles. The fourth-order valence-corrected chi connectivity index (χ4v) is 5.87. The molecular formula is C28H32N2O5S. The number of piperidine rings is 1. The molecule has 1 amide bonds. The number of rotatable bonds is 6. The Morgan fingerprint density at radius 1 is 1.08 bits per heavy atom. The smallest absolute Gasteiger partial charge is 0.253 e. The van der Waals surface area contributed by atoms with Crippen LogP contribution in [0.1, 0.15) is 49.2 Å². The lowest BCUT2D eigenvalue weighted by molar-refractivity contribution is -0.00931. The number of carbonyl (C=O) groups is 1. The third kappa shape index (κ3) is 4.50. The highest BCUT2D eigenvalue weighted by atomic mass is 32.2. The molecule has 3 heterocycles. The Labute approximate surface area is 212 Å². The number of hydrogen-bond donors (Lipinski definition) is 0. The molecule has 0 N–H and O–H groups in total. The van der Waals surface area contributed by atoms with Crippen molar-refractivity contribution in [1.29, 1.82) is 0 Å². The molecule has 36 heavy (non-hydrogen) atoms. The van der Waals surface area contributed by atoms with Gasteiger partial charge in [0.1, 0.15) is 16.4 Å². The number of fused-ring (bicyclic) bond motifs is 4. The average molecular weight is 509 g/mol. The van der Waals surface area contributed by atoms with Crippen LogP contribution in [-0.2, 0) is 15.4 Å². The Hall–Kier alpha value is -3.26. The first-order valence-corrected chi connectivity index (χ1v) is 14.3. The molecule has 1 saturated heterocycles. The van der Waals surface area contributed by atoms with Gasteiger partial charge in [0, 0.05) is 43.9 Å². The van der Waals surface area contributed by atoms with Crippen molar-refractivity contribution in [2.45, 2.75) is 43.6 Å². The largest absolute Gasteiger partial charge is 0.492 e. The topological polar surface area (TPSA) is 77.8 Å². The van der Waals surface area contributed by atoms with Crippen LogP contribution in [0.4, 0.5) is 0 Å². The van der Waals surface area contributed by atoms with E-state index < -0.39 is 15.4 Å². The number of ether oxygens (including phenoxy) is 2. The zero-order chi connectivity index (χ0) is 25.5. The maximum Gasteiger partial charge on any atom is 0.253 e. The maximum absolute atomic E-state index is 13.4. The van der Waals surface area contributed by atoms with Crippen molar-refractivity contribution in [1.82, 2.24) is 9.47 Å². The molecule has 1 spiro atoms. The first-order valence-electron chi connectivity index (χ1n) is 12.4. The minimum Gasteiger partial charge on any atom is -0.492 e. The molecule has 2 aromatic carbocycles. The fourth-order valence-electron chi connectivity index (χ4n) is 5.03.